The molecule has 41 valence electrons. The van der Waals surface area contributed by atoms with Crippen LogP contribution in [0.5, 0.6) is 0 Å². The Morgan fingerprint density at radius 2 is 2.00 bits per heavy atom. The number of hydrogen-bond acceptors (Lipinski definition) is 2. The van der Waals surface area contributed by atoms with E-state index >= 15 is 0 Å². The largest absolute Gasteiger partial charge is 0.287 e. The summed E-state index contributed by atoms with van der Waals surface area (Å²) in [6.45, 7) is 3.05. The lowest BCUT2D eigenvalue weighted by molar-refractivity contribution is 0.494. The summed E-state index contributed by atoms with van der Waals surface area (Å²) in [5.74, 6) is 0. The van der Waals surface area contributed by atoms with Crippen molar-refractivity contribution in [3.05, 3.63) is 18.4 Å². The fraction of sp³-hybridized carbons (Fsp3) is 0. The van der Waals surface area contributed by atoms with Gasteiger partial charge in [-0.25, -0.2) is 0 Å². The van der Waals surface area contributed by atoms with Crippen LogP contribution in [0.1, 0.15) is 0 Å². The summed E-state index contributed by atoms with van der Waals surface area (Å²) >= 11 is 0. The van der Waals surface area contributed by atoms with Crippen molar-refractivity contribution in [2.45, 2.75) is 0 Å². The summed E-state index contributed by atoms with van der Waals surface area (Å²) < 4.78 is 27.2. The molecule has 0 aromatic carbocycles. The third kappa shape index (κ3) is 5.65. The average Bonchev–Trinajstić information content (AvgIpc) is 1.30. The molecule has 1 radical (unpaired) electrons. The molecule has 0 aliphatic carbocycles. The van der Waals surface area contributed by atoms with Crippen LogP contribution >= 0.6 is 0 Å². The van der Waals surface area contributed by atoms with Gasteiger partial charge in [-0.3, -0.25) is 4.55 Å². The second kappa shape index (κ2) is 2.09. The summed E-state index contributed by atoms with van der Waals surface area (Å²) in [4.78, 5) is 0. The standard InChI is InChI=1S/C3H5O3S/c1-2-3-7(4,5)6/h2-3H,1H2,(H,4,5,6)/b3-2+. The van der Waals surface area contributed by atoms with Crippen molar-refractivity contribution in [1.29, 1.82) is 0 Å². The number of rotatable bonds is 1. The van der Waals surface area contributed by atoms with E-state index in [1.165, 1.54) is 0 Å². The van der Waals surface area contributed by atoms with Crippen LogP contribution in [0.3, 0.4) is 0 Å². The molecule has 0 aliphatic rings. The highest BCUT2D eigenvalue weighted by Gasteiger charge is 1.90. The maximum Gasteiger partial charge on any atom is 0.287 e. The Hall–Kier alpha value is -0.350. The lowest BCUT2D eigenvalue weighted by Crippen LogP contribution is -1.87. The lowest BCUT2D eigenvalue weighted by atomic mass is 10.8. The molecule has 0 aromatic heterocycles. The monoisotopic (exact) mass is 121 g/mol. The first-order valence-corrected chi connectivity index (χ1v) is 3.00. The van der Waals surface area contributed by atoms with E-state index in [2.05, 4.69) is 6.92 Å². The summed E-state index contributed by atoms with van der Waals surface area (Å²) in [5, 5.41) is 0.604. The number of allylic oxidation sites excluding steroid dienone is 1. The van der Waals surface area contributed by atoms with Crippen molar-refractivity contribution >= 4 is 10.1 Å². The third-order valence-corrected chi connectivity index (χ3v) is 0.805. The second-order valence-corrected chi connectivity index (χ2v) is 2.19. The summed E-state index contributed by atoms with van der Waals surface area (Å²) in [6, 6.07) is 0. The van der Waals surface area contributed by atoms with Gasteiger partial charge in [-0.2, -0.15) is 8.42 Å². The van der Waals surface area contributed by atoms with Crippen molar-refractivity contribution in [2.24, 2.45) is 0 Å². The average molecular weight is 121 g/mol. The lowest BCUT2D eigenvalue weighted by Gasteiger charge is -1.76. The Morgan fingerprint density at radius 1 is 1.57 bits per heavy atom. The Balaban J connectivity index is 4.13. The molecule has 0 heterocycles. The van der Waals surface area contributed by atoms with Gasteiger partial charge in [0.15, 0.2) is 0 Å². The van der Waals surface area contributed by atoms with E-state index in [1.54, 1.807) is 0 Å². The van der Waals surface area contributed by atoms with Gasteiger partial charge in [-0.1, -0.05) is 6.08 Å². The molecule has 3 nitrogen and oxygen atoms in total. The molecule has 0 spiro atoms. The molecule has 0 bridgehead atoms. The molecule has 0 aliphatic heterocycles. The van der Waals surface area contributed by atoms with E-state index in [0.29, 0.717) is 5.41 Å². The first-order chi connectivity index (χ1) is 3.06. The smallest absolute Gasteiger partial charge is 0.282 e. The number of hydrogen-bond donors (Lipinski definition) is 1. The molecule has 0 saturated heterocycles. The highest BCUT2D eigenvalue weighted by Crippen LogP contribution is 1.80. The van der Waals surface area contributed by atoms with E-state index in [0.717, 1.165) is 6.08 Å². The van der Waals surface area contributed by atoms with Gasteiger partial charge in [-0.05, 0) is 6.92 Å². The Kier molecular flexibility index (Phi) is 1.98. The second-order valence-electron chi connectivity index (χ2n) is 0.887. The van der Waals surface area contributed by atoms with Gasteiger partial charge in [0.2, 0.25) is 0 Å². The predicted octanol–water partition coefficient (Wildman–Crippen LogP) is 0.222. The Labute approximate surface area is 42.4 Å². The van der Waals surface area contributed by atoms with Crippen LogP contribution in [0.25, 0.3) is 0 Å². The summed E-state index contributed by atoms with van der Waals surface area (Å²) in [5.41, 5.74) is 0. The maximum atomic E-state index is 9.66. The molecule has 0 amide bonds. The maximum absolute atomic E-state index is 9.66. The molecule has 1 N–H and O–H groups in total. The van der Waals surface area contributed by atoms with Crippen LogP contribution in [-0.4, -0.2) is 13.0 Å². The van der Waals surface area contributed by atoms with Gasteiger partial charge >= 0.3 is 0 Å². The van der Waals surface area contributed by atoms with Crippen molar-refractivity contribution in [3.8, 4) is 0 Å². The zero-order valence-electron chi connectivity index (χ0n) is 3.53. The van der Waals surface area contributed by atoms with Gasteiger partial charge in [0.25, 0.3) is 10.1 Å². The first kappa shape index (κ1) is 6.65. The zero-order chi connectivity index (χ0) is 5.91. The van der Waals surface area contributed by atoms with Gasteiger partial charge in [0.1, 0.15) is 0 Å². The van der Waals surface area contributed by atoms with E-state index in [4.69, 9.17) is 4.55 Å². The fourth-order valence-corrected chi connectivity index (χ4v) is 0.365. The Morgan fingerprint density at radius 3 is 2.00 bits per heavy atom. The third-order valence-electron chi connectivity index (χ3n) is 0.268. The van der Waals surface area contributed by atoms with E-state index in [-0.39, 0.29) is 0 Å². The molecule has 0 saturated carbocycles. The molecule has 0 fully saturated rings. The highest BCUT2D eigenvalue weighted by molar-refractivity contribution is 7.88. The topological polar surface area (TPSA) is 54.4 Å². The van der Waals surface area contributed by atoms with Crippen LogP contribution < -0.4 is 0 Å². The van der Waals surface area contributed by atoms with Crippen molar-refractivity contribution < 1.29 is 13.0 Å². The van der Waals surface area contributed by atoms with Crippen LogP contribution in [0.15, 0.2) is 11.5 Å². The molecule has 0 aromatic rings. The fourth-order valence-electron chi connectivity index (χ4n) is 0.122. The minimum atomic E-state index is -3.92. The quantitative estimate of drug-likeness (QED) is 0.505. The molecular formula is C3H5O3S. The van der Waals surface area contributed by atoms with E-state index < -0.39 is 10.1 Å². The Bertz CT molecular complexity index is 153. The van der Waals surface area contributed by atoms with Crippen molar-refractivity contribution in [3.63, 3.8) is 0 Å². The van der Waals surface area contributed by atoms with Crippen LogP contribution in [0.2, 0.25) is 0 Å². The van der Waals surface area contributed by atoms with E-state index in [9.17, 15) is 8.42 Å². The van der Waals surface area contributed by atoms with Gasteiger partial charge in [-0.15, -0.1) is 0 Å². The van der Waals surface area contributed by atoms with Crippen LogP contribution in [0.4, 0.5) is 0 Å². The molecule has 7 heavy (non-hydrogen) atoms. The summed E-state index contributed by atoms with van der Waals surface area (Å²) in [6.07, 6.45) is 0.995. The summed E-state index contributed by atoms with van der Waals surface area (Å²) in [7, 11) is -3.92. The SMILES string of the molecule is [CH2]/C=C/S(=O)(=O)O. The normalized spacial score (nSPS) is 12.9. The zero-order valence-corrected chi connectivity index (χ0v) is 4.35. The predicted molar refractivity (Wildman–Crippen MR) is 26.0 cm³/mol. The van der Waals surface area contributed by atoms with Gasteiger partial charge in [0, 0.05) is 0 Å². The van der Waals surface area contributed by atoms with Crippen LogP contribution in [0, 0.1) is 6.92 Å². The molecule has 4 heteroatoms. The van der Waals surface area contributed by atoms with Crippen LogP contribution in [-0.2, 0) is 10.1 Å². The minimum Gasteiger partial charge on any atom is -0.282 e. The molecular weight excluding hydrogens is 116 g/mol. The minimum absolute atomic E-state index is 0.604. The van der Waals surface area contributed by atoms with E-state index in [1.807, 2.05) is 0 Å². The molecule has 0 unspecified atom stereocenters. The van der Waals surface area contributed by atoms with Crippen molar-refractivity contribution in [2.75, 3.05) is 0 Å². The van der Waals surface area contributed by atoms with Gasteiger partial charge < -0.3 is 0 Å². The van der Waals surface area contributed by atoms with Gasteiger partial charge in [0.05, 0.1) is 5.41 Å². The first-order valence-electron chi connectivity index (χ1n) is 1.49. The van der Waals surface area contributed by atoms with Crippen molar-refractivity contribution in [1.82, 2.24) is 0 Å². The molecule has 0 atom stereocenters. The molecule has 0 rings (SSSR count). The highest BCUT2D eigenvalue weighted by atomic mass is 32.2.